The van der Waals surface area contributed by atoms with E-state index in [0.29, 0.717) is 5.75 Å². The molecule has 2 atom stereocenters. The van der Waals surface area contributed by atoms with E-state index in [1.165, 1.54) is 31.2 Å². The molecule has 0 aromatic heterocycles. The number of ketones is 1. The van der Waals surface area contributed by atoms with E-state index in [0.717, 1.165) is 0 Å². The first-order chi connectivity index (χ1) is 12.0. The first-order valence-corrected chi connectivity index (χ1v) is 8.10. The zero-order valence-corrected chi connectivity index (χ0v) is 15.3. The van der Waals surface area contributed by atoms with E-state index in [2.05, 4.69) is 5.32 Å². The molecule has 0 saturated carbocycles. The van der Waals surface area contributed by atoms with E-state index >= 15 is 0 Å². The number of carbonyl (C=O) groups is 3. The van der Waals surface area contributed by atoms with Gasteiger partial charge in [-0.1, -0.05) is 0 Å². The van der Waals surface area contributed by atoms with Crippen molar-refractivity contribution >= 4 is 17.7 Å². The number of hydrogen-bond acceptors (Lipinski definition) is 7. The molecule has 0 aliphatic rings. The van der Waals surface area contributed by atoms with Gasteiger partial charge in [0.25, 0.3) is 5.91 Å². The average molecular weight is 367 g/mol. The highest BCUT2D eigenvalue weighted by atomic mass is 16.6. The molecule has 0 spiro atoms. The maximum absolute atomic E-state index is 12.1. The largest absolute Gasteiger partial charge is 0.482 e. The molecule has 0 fully saturated rings. The Morgan fingerprint density at radius 3 is 2.19 bits per heavy atom. The molecule has 1 aromatic carbocycles. The van der Waals surface area contributed by atoms with Crippen LogP contribution in [0.1, 0.15) is 38.1 Å². The highest BCUT2D eigenvalue weighted by Crippen LogP contribution is 2.14. The van der Waals surface area contributed by atoms with Gasteiger partial charge in [-0.25, -0.2) is 4.79 Å². The van der Waals surface area contributed by atoms with Crippen molar-refractivity contribution in [2.75, 3.05) is 13.2 Å². The summed E-state index contributed by atoms with van der Waals surface area (Å²) < 4.78 is 10.4. The molecule has 0 heterocycles. The van der Waals surface area contributed by atoms with Crippen molar-refractivity contribution < 1.29 is 34.1 Å². The Hall–Kier alpha value is -2.45. The van der Waals surface area contributed by atoms with Crippen LogP contribution in [0.2, 0.25) is 0 Å². The molecule has 0 aliphatic carbocycles. The SMILES string of the molecule is C[C@@H](O)[C@H](NC(=O)c1ccc(OCC(=O)OC(C)(C)C)cc1)C(=O)CO. The van der Waals surface area contributed by atoms with Crippen molar-refractivity contribution in [1.82, 2.24) is 5.32 Å². The average Bonchev–Trinajstić information content (AvgIpc) is 2.55. The molecular weight excluding hydrogens is 342 g/mol. The molecule has 3 N–H and O–H groups in total. The van der Waals surface area contributed by atoms with Gasteiger partial charge in [-0.05, 0) is 52.0 Å². The number of benzene rings is 1. The highest BCUT2D eigenvalue weighted by Gasteiger charge is 2.25. The maximum Gasteiger partial charge on any atom is 0.344 e. The Bertz CT molecular complexity index is 632. The van der Waals surface area contributed by atoms with Crippen LogP contribution in [0.3, 0.4) is 0 Å². The monoisotopic (exact) mass is 367 g/mol. The van der Waals surface area contributed by atoms with Gasteiger partial charge in [0, 0.05) is 5.56 Å². The second-order valence-corrected chi connectivity index (χ2v) is 6.72. The molecular formula is C18H25NO7. The molecule has 1 amide bonds. The van der Waals surface area contributed by atoms with Gasteiger partial charge in [0.05, 0.1) is 6.10 Å². The zero-order chi connectivity index (χ0) is 19.9. The quantitative estimate of drug-likeness (QED) is 0.570. The summed E-state index contributed by atoms with van der Waals surface area (Å²) in [6, 6.07) is 4.68. The van der Waals surface area contributed by atoms with Crippen LogP contribution in [0.4, 0.5) is 0 Å². The Morgan fingerprint density at radius 2 is 1.73 bits per heavy atom. The van der Waals surface area contributed by atoms with Crippen LogP contribution in [0.25, 0.3) is 0 Å². The van der Waals surface area contributed by atoms with Crippen LogP contribution in [0, 0.1) is 0 Å². The lowest BCUT2D eigenvalue weighted by Gasteiger charge is -2.20. The molecule has 0 aliphatic heterocycles. The molecule has 0 radical (unpaired) electrons. The summed E-state index contributed by atoms with van der Waals surface area (Å²) in [5.74, 6) is -1.42. The number of Topliss-reactive ketones (excluding diaryl/α,β-unsaturated/α-hetero) is 1. The summed E-state index contributed by atoms with van der Waals surface area (Å²) in [6.07, 6.45) is -1.14. The molecule has 0 unspecified atom stereocenters. The van der Waals surface area contributed by atoms with E-state index in [1.54, 1.807) is 20.8 Å². The summed E-state index contributed by atoms with van der Waals surface area (Å²) >= 11 is 0. The van der Waals surface area contributed by atoms with Crippen molar-refractivity contribution in [1.29, 1.82) is 0 Å². The van der Waals surface area contributed by atoms with Gasteiger partial charge in [-0.2, -0.15) is 0 Å². The van der Waals surface area contributed by atoms with Gasteiger partial charge < -0.3 is 25.0 Å². The minimum atomic E-state index is -1.20. The van der Waals surface area contributed by atoms with Crippen LogP contribution in [-0.4, -0.2) is 58.8 Å². The number of aliphatic hydroxyl groups excluding tert-OH is 2. The lowest BCUT2D eigenvalue weighted by Crippen LogP contribution is -2.48. The molecule has 26 heavy (non-hydrogen) atoms. The first kappa shape index (κ1) is 21.6. The molecule has 1 rings (SSSR count). The minimum Gasteiger partial charge on any atom is -0.482 e. The third kappa shape index (κ3) is 7.20. The second-order valence-electron chi connectivity index (χ2n) is 6.72. The smallest absolute Gasteiger partial charge is 0.344 e. The van der Waals surface area contributed by atoms with Crippen molar-refractivity contribution in [3.8, 4) is 5.75 Å². The fourth-order valence-electron chi connectivity index (χ4n) is 2.01. The van der Waals surface area contributed by atoms with E-state index in [1.807, 2.05) is 0 Å². The van der Waals surface area contributed by atoms with E-state index in [4.69, 9.17) is 14.6 Å². The number of esters is 1. The van der Waals surface area contributed by atoms with Gasteiger partial charge >= 0.3 is 5.97 Å². The summed E-state index contributed by atoms with van der Waals surface area (Å²) in [6.45, 7) is 5.54. The number of carbonyl (C=O) groups excluding carboxylic acids is 3. The van der Waals surface area contributed by atoms with Gasteiger partial charge in [-0.3, -0.25) is 9.59 Å². The first-order valence-electron chi connectivity index (χ1n) is 8.10. The van der Waals surface area contributed by atoms with Crippen LogP contribution in [-0.2, 0) is 14.3 Å². The molecule has 8 nitrogen and oxygen atoms in total. The van der Waals surface area contributed by atoms with E-state index in [9.17, 15) is 19.5 Å². The number of rotatable bonds is 8. The lowest BCUT2D eigenvalue weighted by molar-refractivity contribution is -0.157. The molecule has 0 saturated heterocycles. The van der Waals surface area contributed by atoms with Gasteiger partial charge in [0.15, 0.2) is 12.4 Å². The van der Waals surface area contributed by atoms with Crippen molar-refractivity contribution in [3.63, 3.8) is 0 Å². The van der Waals surface area contributed by atoms with E-state index < -0.39 is 42.0 Å². The molecule has 8 heteroatoms. The number of hydrogen-bond donors (Lipinski definition) is 3. The normalized spacial score (nSPS) is 13.5. The Balaban J connectivity index is 2.64. The van der Waals surface area contributed by atoms with Crippen LogP contribution >= 0.6 is 0 Å². The fraction of sp³-hybridized carbons (Fsp3) is 0.500. The maximum atomic E-state index is 12.1. The predicted molar refractivity (Wildman–Crippen MR) is 92.8 cm³/mol. The lowest BCUT2D eigenvalue weighted by atomic mass is 10.1. The van der Waals surface area contributed by atoms with Crippen molar-refractivity contribution in [2.45, 2.75) is 45.4 Å². The fourth-order valence-corrected chi connectivity index (χ4v) is 2.01. The van der Waals surface area contributed by atoms with Crippen LogP contribution < -0.4 is 10.1 Å². The number of amides is 1. The Morgan fingerprint density at radius 1 is 1.15 bits per heavy atom. The van der Waals surface area contributed by atoms with E-state index in [-0.39, 0.29) is 12.2 Å². The van der Waals surface area contributed by atoms with Gasteiger partial charge in [0.2, 0.25) is 0 Å². The highest BCUT2D eigenvalue weighted by molar-refractivity contribution is 5.98. The number of nitrogens with one attached hydrogen (secondary N) is 1. The summed E-state index contributed by atoms with van der Waals surface area (Å²) in [5.41, 5.74) is -0.375. The number of ether oxygens (including phenoxy) is 2. The second kappa shape index (κ2) is 9.30. The predicted octanol–water partition coefficient (Wildman–Crippen LogP) is 0.448. The molecule has 1 aromatic rings. The third-order valence-electron chi connectivity index (χ3n) is 3.16. The Kier molecular flexibility index (Phi) is 7.73. The van der Waals surface area contributed by atoms with Gasteiger partial charge in [0.1, 0.15) is 24.0 Å². The van der Waals surface area contributed by atoms with Crippen molar-refractivity contribution in [3.05, 3.63) is 29.8 Å². The summed E-state index contributed by atoms with van der Waals surface area (Å²) in [5, 5.41) is 20.8. The van der Waals surface area contributed by atoms with Crippen molar-refractivity contribution in [2.24, 2.45) is 0 Å². The third-order valence-corrected chi connectivity index (χ3v) is 3.16. The summed E-state index contributed by atoms with van der Waals surface area (Å²) in [4.78, 5) is 35.3. The topological polar surface area (TPSA) is 122 Å². The molecule has 0 bridgehead atoms. The number of aliphatic hydroxyl groups is 2. The standard InChI is InChI=1S/C18H25NO7/c1-11(21)16(14(22)9-20)19-17(24)12-5-7-13(8-6-12)25-10-15(23)26-18(2,3)4/h5-8,11,16,20-21H,9-10H2,1-4H3,(H,19,24)/t11-,16+/m1/s1. The van der Waals surface area contributed by atoms with Gasteiger partial charge in [-0.15, -0.1) is 0 Å². The molecule has 144 valence electrons. The van der Waals surface area contributed by atoms with Crippen LogP contribution in [0.15, 0.2) is 24.3 Å². The minimum absolute atomic E-state index is 0.228. The zero-order valence-electron chi connectivity index (χ0n) is 15.3. The Labute approximate surface area is 152 Å². The van der Waals surface area contributed by atoms with Crippen LogP contribution in [0.5, 0.6) is 5.75 Å². The summed E-state index contributed by atoms with van der Waals surface area (Å²) in [7, 11) is 0.